The molecule has 0 aromatic heterocycles. The summed E-state index contributed by atoms with van der Waals surface area (Å²) in [4.78, 5) is 14.6. The summed E-state index contributed by atoms with van der Waals surface area (Å²) in [7, 11) is -2.43. The molecule has 0 saturated heterocycles. The highest BCUT2D eigenvalue weighted by Crippen LogP contribution is 2.52. The number of hydrogen-bond donors (Lipinski definition) is 1. The highest BCUT2D eigenvalue weighted by atomic mass is 32.2. The standard InChI is InChI=1S/C30H31FN2O5S/c1-19(34)33-27(22-14-13-21(15-23(22)31)38-17-20-9-6-5-7-10-20)29-25(16-30(2,3)18-39(29,35)36)32-24-11-8-12-26(37-4)28(24)33/h5-15,27,32H,16-18H2,1-4H3. The van der Waals surface area contributed by atoms with E-state index >= 15 is 4.39 Å². The van der Waals surface area contributed by atoms with Crippen molar-refractivity contribution in [3.8, 4) is 11.5 Å². The number of nitrogens with one attached hydrogen (secondary N) is 1. The molecule has 2 aliphatic heterocycles. The zero-order valence-electron chi connectivity index (χ0n) is 22.3. The van der Waals surface area contributed by atoms with Gasteiger partial charge in [-0.15, -0.1) is 0 Å². The van der Waals surface area contributed by atoms with Crippen LogP contribution in [0.5, 0.6) is 11.5 Å². The number of fused-ring (bicyclic) bond motifs is 1. The molecule has 7 nitrogen and oxygen atoms in total. The van der Waals surface area contributed by atoms with Crippen LogP contribution in [-0.2, 0) is 21.2 Å². The Morgan fingerprint density at radius 1 is 1.10 bits per heavy atom. The van der Waals surface area contributed by atoms with Gasteiger partial charge in [0.1, 0.15) is 35.7 Å². The van der Waals surface area contributed by atoms with Crippen LogP contribution < -0.4 is 19.7 Å². The Morgan fingerprint density at radius 3 is 2.51 bits per heavy atom. The fourth-order valence-electron chi connectivity index (χ4n) is 5.46. The molecular weight excluding hydrogens is 519 g/mol. The zero-order chi connectivity index (χ0) is 27.9. The van der Waals surface area contributed by atoms with Crippen LogP contribution >= 0.6 is 0 Å². The molecule has 204 valence electrons. The molecule has 5 rings (SSSR count). The van der Waals surface area contributed by atoms with Crippen molar-refractivity contribution in [3.05, 3.63) is 94.3 Å². The topological polar surface area (TPSA) is 84.9 Å². The average molecular weight is 551 g/mol. The molecule has 1 unspecified atom stereocenters. The van der Waals surface area contributed by atoms with Gasteiger partial charge in [-0.3, -0.25) is 9.69 Å². The van der Waals surface area contributed by atoms with Crippen molar-refractivity contribution in [1.82, 2.24) is 0 Å². The molecule has 1 amide bonds. The molecule has 2 aliphatic rings. The third kappa shape index (κ3) is 5.11. The maximum Gasteiger partial charge on any atom is 0.224 e. The largest absolute Gasteiger partial charge is 0.494 e. The van der Waals surface area contributed by atoms with Crippen LogP contribution in [0.4, 0.5) is 15.8 Å². The zero-order valence-corrected chi connectivity index (χ0v) is 23.1. The van der Waals surface area contributed by atoms with Gasteiger partial charge in [0.2, 0.25) is 5.91 Å². The monoisotopic (exact) mass is 550 g/mol. The van der Waals surface area contributed by atoms with Crippen molar-refractivity contribution < 1.29 is 27.1 Å². The average Bonchev–Trinajstić information content (AvgIpc) is 3.01. The number of hydrogen-bond acceptors (Lipinski definition) is 6. The molecule has 39 heavy (non-hydrogen) atoms. The van der Waals surface area contributed by atoms with Crippen LogP contribution in [0.25, 0.3) is 0 Å². The van der Waals surface area contributed by atoms with Gasteiger partial charge in [0, 0.05) is 24.3 Å². The third-order valence-corrected chi connectivity index (χ3v) is 9.28. The highest BCUT2D eigenvalue weighted by molar-refractivity contribution is 7.95. The van der Waals surface area contributed by atoms with E-state index in [1.165, 1.54) is 31.1 Å². The normalized spacial score (nSPS) is 19.3. The fourth-order valence-corrected chi connectivity index (χ4v) is 7.82. The number of rotatable bonds is 5. The molecule has 0 fully saturated rings. The first-order chi connectivity index (χ1) is 18.5. The number of amides is 1. The molecule has 2 heterocycles. The second-order valence-corrected chi connectivity index (χ2v) is 12.6. The maximum atomic E-state index is 16.0. The Morgan fingerprint density at radius 2 is 1.85 bits per heavy atom. The third-order valence-electron chi connectivity index (χ3n) is 6.97. The minimum absolute atomic E-state index is 0.00729. The summed E-state index contributed by atoms with van der Waals surface area (Å²) in [6.45, 7) is 5.34. The molecule has 0 radical (unpaired) electrons. The lowest BCUT2D eigenvalue weighted by Gasteiger charge is -2.37. The number of sulfone groups is 1. The Balaban J connectivity index is 1.68. The summed E-state index contributed by atoms with van der Waals surface area (Å²) in [6, 6.07) is 17.8. The van der Waals surface area contributed by atoms with E-state index in [-0.39, 0.29) is 22.8 Å². The lowest BCUT2D eigenvalue weighted by Crippen LogP contribution is -2.40. The summed E-state index contributed by atoms with van der Waals surface area (Å²) in [6.07, 6.45) is 0.403. The van der Waals surface area contributed by atoms with Crippen LogP contribution in [0.2, 0.25) is 0 Å². The first kappa shape index (κ1) is 26.7. The van der Waals surface area contributed by atoms with Crippen molar-refractivity contribution >= 4 is 27.1 Å². The Hall–Kier alpha value is -3.85. The molecule has 1 atom stereocenters. The van der Waals surface area contributed by atoms with E-state index < -0.39 is 33.0 Å². The van der Waals surface area contributed by atoms with E-state index in [2.05, 4.69) is 5.32 Å². The van der Waals surface area contributed by atoms with Crippen molar-refractivity contribution in [2.24, 2.45) is 5.41 Å². The number of benzene rings is 3. The predicted molar refractivity (Wildman–Crippen MR) is 149 cm³/mol. The number of ether oxygens (including phenoxy) is 2. The lowest BCUT2D eigenvalue weighted by atomic mass is 9.88. The second kappa shape index (κ2) is 10.0. The van der Waals surface area contributed by atoms with Crippen LogP contribution in [0.1, 0.15) is 44.4 Å². The van der Waals surface area contributed by atoms with E-state index in [0.29, 0.717) is 35.0 Å². The van der Waals surface area contributed by atoms with E-state index in [1.54, 1.807) is 24.3 Å². The van der Waals surface area contributed by atoms with E-state index in [0.717, 1.165) is 5.56 Å². The van der Waals surface area contributed by atoms with E-state index in [4.69, 9.17) is 9.47 Å². The number of halogens is 1. The summed E-state index contributed by atoms with van der Waals surface area (Å²) in [5, 5.41) is 3.28. The number of anilines is 2. The Kier molecular flexibility index (Phi) is 6.88. The number of allylic oxidation sites excluding steroid dienone is 1. The minimum Gasteiger partial charge on any atom is -0.494 e. The van der Waals surface area contributed by atoms with Crippen molar-refractivity contribution in [2.75, 3.05) is 23.1 Å². The smallest absolute Gasteiger partial charge is 0.224 e. The molecular formula is C30H31FN2O5S. The summed E-state index contributed by atoms with van der Waals surface area (Å²) < 4.78 is 55.1. The number of methoxy groups -OCH3 is 1. The van der Waals surface area contributed by atoms with Crippen molar-refractivity contribution in [1.29, 1.82) is 0 Å². The highest BCUT2D eigenvalue weighted by Gasteiger charge is 2.47. The first-order valence-electron chi connectivity index (χ1n) is 12.7. The molecule has 9 heteroatoms. The molecule has 1 N–H and O–H groups in total. The number of carbonyl (C=O) groups excluding carboxylic acids is 1. The first-order valence-corrected chi connectivity index (χ1v) is 14.3. The molecule has 0 saturated carbocycles. The number of para-hydroxylation sites is 1. The van der Waals surface area contributed by atoms with Gasteiger partial charge >= 0.3 is 0 Å². The van der Waals surface area contributed by atoms with E-state index in [1.807, 2.05) is 44.2 Å². The van der Waals surface area contributed by atoms with Crippen LogP contribution in [-0.4, -0.2) is 27.2 Å². The Labute approximate surface area is 228 Å². The maximum absolute atomic E-state index is 16.0. The van der Waals surface area contributed by atoms with Gasteiger partial charge in [-0.25, -0.2) is 12.8 Å². The summed E-state index contributed by atoms with van der Waals surface area (Å²) >= 11 is 0. The van der Waals surface area contributed by atoms with Gasteiger partial charge in [0.05, 0.1) is 23.5 Å². The summed E-state index contributed by atoms with van der Waals surface area (Å²) in [5.41, 5.74) is 1.72. The molecule has 0 bridgehead atoms. The lowest BCUT2D eigenvalue weighted by molar-refractivity contribution is -0.116. The van der Waals surface area contributed by atoms with Gasteiger partial charge in [0.15, 0.2) is 9.84 Å². The Bertz CT molecular complexity index is 1570. The minimum atomic E-state index is -3.90. The van der Waals surface area contributed by atoms with Crippen LogP contribution in [0, 0.1) is 11.2 Å². The molecule has 3 aromatic carbocycles. The fraction of sp³-hybridized carbons (Fsp3) is 0.300. The van der Waals surface area contributed by atoms with Crippen molar-refractivity contribution in [3.63, 3.8) is 0 Å². The van der Waals surface area contributed by atoms with Crippen molar-refractivity contribution in [2.45, 2.75) is 39.8 Å². The SMILES string of the molecule is COc1cccc2c1N(C(C)=O)C(c1ccc(OCc3ccccc3)cc1F)C1=C(CC(C)(C)CS1(=O)=O)N2. The van der Waals surface area contributed by atoms with Crippen LogP contribution in [0.3, 0.4) is 0 Å². The number of nitrogens with zero attached hydrogens (tertiary/aromatic N) is 1. The summed E-state index contributed by atoms with van der Waals surface area (Å²) in [5.74, 6) is -0.607. The number of carbonyl (C=O) groups is 1. The molecule has 3 aromatic rings. The predicted octanol–water partition coefficient (Wildman–Crippen LogP) is 5.99. The second-order valence-electron chi connectivity index (χ2n) is 10.7. The molecule has 0 spiro atoms. The van der Waals surface area contributed by atoms with Gasteiger partial charge in [-0.1, -0.05) is 50.2 Å². The van der Waals surface area contributed by atoms with E-state index in [9.17, 15) is 13.2 Å². The molecule has 0 aliphatic carbocycles. The quantitative estimate of drug-likeness (QED) is 0.420. The van der Waals surface area contributed by atoms with Gasteiger partial charge in [-0.05, 0) is 41.7 Å². The van der Waals surface area contributed by atoms with Gasteiger partial charge < -0.3 is 14.8 Å². The van der Waals surface area contributed by atoms with Crippen LogP contribution in [0.15, 0.2) is 77.3 Å². The van der Waals surface area contributed by atoms with Gasteiger partial charge in [0.25, 0.3) is 0 Å². The van der Waals surface area contributed by atoms with Gasteiger partial charge in [-0.2, -0.15) is 0 Å².